The number of piperidine rings is 1. The maximum atomic E-state index is 12.1. The minimum Gasteiger partial charge on any atom is -0.342 e. The molecule has 5 heteroatoms. The summed E-state index contributed by atoms with van der Waals surface area (Å²) in [4.78, 5) is 22.8. The summed E-state index contributed by atoms with van der Waals surface area (Å²) in [7, 11) is 0. The van der Waals surface area contributed by atoms with Gasteiger partial charge in [-0.2, -0.15) is 0 Å². The molecule has 1 amide bonds. The van der Waals surface area contributed by atoms with Gasteiger partial charge in [-0.1, -0.05) is 13.8 Å². The van der Waals surface area contributed by atoms with Gasteiger partial charge in [0.25, 0.3) is 0 Å². The van der Waals surface area contributed by atoms with Crippen LogP contribution >= 0.6 is 0 Å². The van der Waals surface area contributed by atoms with E-state index in [4.69, 9.17) is 0 Å². The summed E-state index contributed by atoms with van der Waals surface area (Å²) in [5.74, 6) is 1.34. The number of hydrogen-bond donors (Lipinski definition) is 0. The number of amides is 1. The summed E-state index contributed by atoms with van der Waals surface area (Å²) < 4.78 is 2.33. The largest absolute Gasteiger partial charge is 0.342 e. The molecule has 1 fully saturated rings. The Morgan fingerprint density at radius 2 is 1.87 bits per heavy atom. The van der Waals surface area contributed by atoms with Gasteiger partial charge >= 0.3 is 0 Å². The summed E-state index contributed by atoms with van der Waals surface area (Å²) in [6.07, 6.45) is 7.49. The van der Waals surface area contributed by atoms with Crippen LogP contribution in [0.15, 0.2) is 30.7 Å². The van der Waals surface area contributed by atoms with Gasteiger partial charge in [0.05, 0.1) is 0 Å². The topological polar surface area (TPSA) is 51.0 Å². The molecular formula is C18H24N4O. The number of carbonyl (C=O) groups excluding carboxylic acids is 1. The van der Waals surface area contributed by atoms with Crippen LogP contribution in [0.3, 0.4) is 0 Å². The van der Waals surface area contributed by atoms with Crippen molar-refractivity contribution >= 4 is 5.91 Å². The smallest absolute Gasteiger partial charge is 0.225 e. The molecule has 1 aliphatic rings. The van der Waals surface area contributed by atoms with Gasteiger partial charge in [0, 0.05) is 54.9 Å². The lowest BCUT2D eigenvalue weighted by atomic mass is 10.0. The van der Waals surface area contributed by atoms with Crippen molar-refractivity contribution < 1.29 is 4.79 Å². The number of imidazole rings is 1. The number of aryl methyl sites for hydroxylation is 1. The van der Waals surface area contributed by atoms with E-state index in [-0.39, 0.29) is 11.8 Å². The van der Waals surface area contributed by atoms with Crippen LogP contribution in [0, 0.1) is 12.8 Å². The molecule has 0 saturated carbocycles. The molecule has 3 heterocycles. The number of rotatable bonds is 3. The minimum absolute atomic E-state index is 0.0777. The van der Waals surface area contributed by atoms with Gasteiger partial charge in [0.15, 0.2) is 0 Å². The highest BCUT2D eigenvalue weighted by atomic mass is 16.2. The molecule has 2 aromatic rings. The standard InChI is InChI=1S/C18H24N4O/c1-13(2)18(23)21-10-6-16(7-11-21)22-14(3)12-20-17(22)15-4-8-19-9-5-15/h4-5,8-9,12-13,16H,6-7,10-11H2,1-3H3. The van der Waals surface area contributed by atoms with Crippen molar-refractivity contribution in [3.8, 4) is 11.4 Å². The highest BCUT2D eigenvalue weighted by Crippen LogP contribution is 2.30. The van der Waals surface area contributed by atoms with E-state index in [1.807, 2.05) is 37.1 Å². The average Bonchev–Trinajstić information content (AvgIpc) is 2.96. The highest BCUT2D eigenvalue weighted by Gasteiger charge is 2.27. The van der Waals surface area contributed by atoms with Gasteiger partial charge in [-0.25, -0.2) is 4.98 Å². The van der Waals surface area contributed by atoms with Gasteiger partial charge in [0.2, 0.25) is 5.91 Å². The lowest BCUT2D eigenvalue weighted by Gasteiger charge is -2.34. The van der Waals surface area contributed by atoms with Crippen LogP contribution in [0.1, 0.15) is 38.4 Å². The molecule has 1 aliphatic heterocycles. The number of nitrogens with zero attached hydrogens (tertiary/aromatic N) is 4. The summed E-state index contributed by atoms with van der Waals surface area (Å²) >= 11 is 0. The lowest BCUT2D eigenvalue weighted by Crippen LogP contribution is -2.41. The van der Waals surface area contributed by atoms with Crippen LogP contribution in [0.2, 0.25) is 0 Å². The Hall–Kier alpha value is -2.17. The zero-order valence-electron chi connectivity index (χ0n) is 14.1. The molecule has 3 rings (SSSR count). The summed E-state index contributed by atoms with van der Waals surface area (Å²) in [5.41, 5.74) is 2.26. The van der Waals surface area contributed by atoms with E-state index in [0.717, 1.165) is 37.3 Å². The first-order chi connectivity index (χ1) is 11.1. The molecule has 0 bridgehead atoms. The first-order valence-electron chi connectivity index (χ1n) is 8.31. The fourth-order valence-corrected chi connectivity index (χ4v) is 3.33. The van der Waals surface area contributed by atoms with Crippen LogP contribution in [-0.4, -0.2) is 38.4 Å². The summed E-state index contributed by atoms with van der Waals surface area (Å²) in [5, 5.41) is 0. The number of likely N-dealkylation sites (tertiary alicyclic amines) is 1. The fraction of sp³-hybridized carbons (Fsp3) is 0.500. The second-order valence-electron chi connectivity index (χ2n) is 6.54. The summed E-state index contributed by atoms with van der Waals surface area (Å²) in [6.45, 7) is 7.69. The van der Waals surface area contributed by atoms with E-state index >= 15 is 0 Å². The Labute approximate surface area is 137 Å². The second-order valence-corrected chi connectivity index (χ2v) is 6.54. The monoisotopic (exact) mass is 312 g/mol. The van der Waals surface area contributed by atoms with Crippen molar-refractivity contribution in [2.45, 2.75) is 39.7 Å². The van der Waals surface area contributed by atoms with Crippen LogP contribution in [0.4, 0.5) is 0 Å². The normalized spacial score (nSPS) is 16.1. The molecule has 0 aromatic carbocycles. The molecule has 122 valence electrons. The Kier molecular flexibility index (Phi) is 4.46. The molecule has 1 saturated heterocycles. The van der Waals surface area contributed by atoms with Crippen molar-refractivity contribution in [2.75, 3.05) is 13.1 Å². The molecule has 23 heavy (non-hydrogen) atoms. The lowest BCUT2D eigenvalue weighted by molar-refractivity contribution is -0.135. The van der Waals surface area contributed by atoms with Gasteiger partial charge in [0.1, 0.15) is 5.82 Å². The van der Waals surface area contributed by atoms with Crippen LogP contribution < -0.4 is 0 Å². The Morgan fingerprint density at radius 1 is 1.22 bits per heavy atom. The van der Waals surface area contributed by atoms with E-state index in [2.05, 4.69) is 21.5 Å². The van der Waals surface area contributed by atoms with Crippen LogP contribution in [-0.2, 0) is 4.79 Å². The molecule has 0 unspecified atom stereocenters. The van der Waals surface area contributed by atoms with Crippen molar-refractivity contribution in [1.29, 1.82) is 0 Å². The van der Waals surface area contributed by atoms with Gasteiger partial charge in [-0.3, -0.25) is 9.78 Å². The van der Waals surface area contributed by atoms with Crippen molar-refractivity contribution in [3.63, 3.8) is 0 Å². The van der Waals surface area contributed by atoms with Crippen LogP contribution in [0.5, 0.6) is 0 Å². The molecule has 0 aliphatic carbocycles. The first-order valence-corrected chi connectivity index (χ1v) is 8.31. The molecule has 5 nitrogen and oxygen atoms in total. The fourth-order valence-electron chi connectivity index (χ4n) is 3.33. The highest BCUT2D eigenvalue weighted by molar-refractivity contribution is 5.78. The zero-order chi connectivity index (χ0) is 16.4. The third kappa shape index (κ3) is 3.14. The SMILES string of the molecule is Cc1cnc(-c2ccncc2)n1C1CCN(C(=O)C(C)C)CC1. The van der Waals surface area contributed by atoms with Crippen molar-refractivity contribution in [1.82, 2.24) is 19.4 Å². The second kappa shape index (κ2) is 6.52. The van der Waals surface area contributed by atoms with E-state index < -0.39 is 0 Å². The first kappa shape index (κ1) is 15.7. The molecule has 0 atom stereocenters. The molecular weight excluding hydrogens is 288 g/mol. The van der Waals surface area contributed by atoms with E-state index in [1.165, 1.54) is 5.69 Å². The van der Waals surface area contributed by atoms with Gasteiger partial charge in [-0.15, -0.1) is 0 Å². The van der Waals surface area contributed by atoms with Crippen molar-refractivity contribution in [2.24, 2.45) is 5.92 Å². The minimum atomic E-state index is 0.0777. The Balaban J connectivity index is 1.79. The maximum Gasteiger partial charge on any atom is 0.225 e. The third-order valence-corrected chi connectivity index (χ3v) is 4.56. The predicted molar refractivity (Wildman–Crippen MR) is 89.9 cm³/mol. The maximum absolute atomic E-state index is 12.1. The molecule has 0 N–H and O–H groups in total. The molecule has 0 spiro atoms. The van der Waals surface area contributed by atoms with Crippen molar-refractivity contribution in [3.05, 3.63) is 36.4 Å². The van der Waals surface area contributed by atoms with E-state index in [9.17, 15) is 4.79 Å². The van der Waals surface area contributed by atoms with Gasteiger partial charge in [-0.05, 0) is 31.9 Å². The number of aromatic nitrogens is 3. The summed E-state index contributed by atoms with van der Waals surface area (Å²) in [6, 6.07) is 4.39. The molecule has 0 radical (unpaired) electrons. The number of pyridine rings is 1. The Bertz CT molecular complexity index is 670. The van der Waals surface area contributed by atoms with Gasteiger partial charge < -0.3 is 9.47 Å². The van der Waals surface area contributed by atoms with E-state index in [0.29, 0.717) is 6.04 Å². The quantitative estimate of drug-likeness (QED) is 0.875. The van der Waals surface area contributed by atoms with E-state index in [1.54, 1.807) is 12.4 Å². The average molecular weight is 312 g/mol. The molecule has 2 aromatic heterocycles. The predicted octanol–water partition coefficient (Wildman–Crippen LogP) is 3.07. The number of carbonyl (C=O) groups is 1. The zero-order valence-corrected chi connectivity index (χ0v) is 14.1. The number of hydrogen-bond acceptors (Lipinski definition) is 3. The third-order valence-electron chi connectivity index (χ3n) is 4.56. The van der Waals surface area contributed by atoms with Crippen LogP contribution in [0.25, 0.3) is 11.4 Å². The Morgan fingerprint density at radius 3 is 2.48 bits per heavy atom.